The molecule has 0 aromatic heterocycles. The van der Waals surface area contributed by atoms with E-state index in [0.29, 0.717) is 6.29 Å². The molecule has 0 saturated carbocycles. The molecule has 0 bridgehead atoms. The summed E-state index contributed by atoms with van der Waals surface area (Å²) < 4.78 is 0. The molecule has 0 fully saturated rings. The number of rotatable bonds is 3. The van der Waals surface area contributed by atoms with E-state index in [0.717, 1.165) is 0 Å². The van der Waals surface area contributed by atoms with Crippen LogP contribution in [-0.2, 0) is 4.79 Å². The third-order valence-corrected chi connectivity index (χ3v) is 1.93. The van der Waals surface area contributed by atoms with Crippen molar-refractivity contribution in [2.24, 2.45) is 0 Å². The molecule has 0 aliphatic rings. The van der Waals surface area contributed by atoms with E-state index >= 15 is 0 Å². The lowest BCUT2D eigenvalue weighted by Crippen LogP contribution is -2.33. The van der Waals surface area contributed by atoms with Crippen molar-refractivity contribution in [1.82, 2.24) is 5.32 Å². The van der Waals surface area contributed by atoms with Gasteiger partial charge in [-0.05, 0) is 25.1 Å². The second-order valence-electron chi connectivity index (χ2n) is 3.24. The standard InChI is InChI=1S/C11H10N2O3/c1-7(6-14)13-11(16)9-3-2-8(5-12)4-10(9)15/h2-4,6-7,15H,1H3,(H,13,16). The van der Waals surface area contributed by atoms with Crippen molar-refractivity contribution in [1.29, 1.82) is 5.26 Å². The molecule has 0 aliphatic heterocycles. The zero-order valence-corrected chi connectivity index (χ0v) is 8.60. The number of nitrogens with one attached hydrogen (secondary N) is 1. The Labute approximate surface area is 92.3 Å². The van der Waals surface area contributed by atoms with Crippen LogP contribution in [0.4, 0.5) is 0 Å². The highest BCUT2D eigenvalue weighted by molar-refractivity contribution is 5.98. The largest absolute Gasteiger partial charge is 0.507 e. The van der Waals surface area contributed by atoms with E-state index in [9.17, 15) is 14.7 Å². The van der Waals surface area contributed by atoms with Crippen LogP contribution in [0.15, 0.2) is 18.2 Å². The van der Waals surface area contributed by atoms with Gasteiger partial charge in [-0.2, -0.15) is 5.26 Å². The number of nitrogens with zero attached hydrogens (tertiary/aromatic N) is 1. The van der Waals surface area contributed by atoms with Crippen molar-refractivity contribution in [2.45, 2.75) is 13.0 Å². The zero-order valence-electron chi connectivity index (χ0n) is 8.60. The Morgan fingerprint density at radius 2 is 2.31 bits per heavy atom. The van der Waals surface area contributed by atoms with Gasteiger partial charge >= 0.3 is 0 Å². The highest BCUT2D eigenvalue weighted by Gasteiger charge is 2.13. The van der Waals surface area contributed by atoms with Crippen LogP contribution in [0.1, 0.15) is 22.8 Å². The van der Waals surface area contributed by atoms with Gasteiger partial charge < -0.3 is 15.2 Å². The number of nitriles is 1. The van der Waals surface area contributed by atoms with Crippen molar-refractivity contribution >= 4 is 12.2 Å². The first-order valence-electron chi connectivity index (χ1n) is 4.57. The molecular weight excluding hydrogens is 208 g/mol. The lowest BCUT2D eigenvalue weighted by Gasteiger charge is -2.08. The fourth-order valence-electron chi connectivity index (χ4n) is 1.11. The summed E-state index contributed by atoms with van der Waals surface area (Å²) in [7, 11) is 0. The van der Waals surface area contributed by atoms with Gasteiger partial charge in [0.25, 0.3) is 5.91 Å². The maximum Gasteiger partial charge on any atom is 0.255 e. The van der Waals surface area contributed by atoms with Crippen LogP contribution in [0.2, 0.25) is 0 Å². The van der Waals surface area contributed by atoms with E-state index in [1.54, 1.807) is 0 Å². The fourth-order valence-corrected chi connectivity index (χ4v) is 1.11. The minimum Gasteiger partial charge on any atom is -0.507 e. The molecule has 0 radical (unpaired) electrons. The average molecular weight is 218 g/mol. The summed E-state index contributed by atoms with van der Waals surface area (Å²) in [5.74, 6) is -0.837. The van der Waals surface area contributed by atoms with Gasteiger partial charge in [0.1, 0.15) is 12.0 Å². The first-order valence-corrected chi connectivity index (χ1v) is 4.57. The average Bonchev–Trinajstić information content (AvgIpc) is 2.28. The molecule has 0 saturated heterocycles. The van der Waals surface area contributed by atoms with E-state index in [1.165, 1.54) is 25.1 Å². The summed E-state index contributed by atoms with van der Waals surface area (Å²) >= 11 is 0. The van der Waals surface area contributed by atoms with Gasteiger partial charge in [0.15, 0.2) is 0 Å². The van der Waals surface area contributed by atoms with E-state index in [-0.39, 0.29) is 16.9 Å². The van der Waals surface area contributed by atoms with Crippen LogP contribution in [-0.4, -0.2) is 23.3 Å². The van der Waals surface area contributed by atoms with Gasteiger partial charge in [-0.25, -0.2) is 0 Å². The fraction of sp³-hybridized carbons (Fsp3) is 0.182. The van der Waals surface area contributed by atoms with Crippen molar-refractivity contribution < 1.29 is 14.7 Å². The SMILES string of the molecule is CC(C=O)NC(=O)c1ccc(C#N)cc1O. The molecule has 0 heterocycles. The van der Waals surface area contributed by atoms with Crippen molar-refractivity contribution in [3.05, 3.63) is 29.3 Å². The van der Waals surface area contributed by atoms with Gasteiger partial charge in [0, 0.05) is 0 Å². The van der Waals surface area contributed by atoms with E-state index in [2.05, 4.69) is 5.32 Å². The Balaban J connectivity index is 2.93. The van der Waals surface area contributed by atoms with Crippen LogP contribution in [0, 0.1) is 11.3 Å². The Kier molecular flexibility index (Phi) is 3.62. The number of aromatic hydroxyl groups is 1. The van der Waals surface area contributed by atoms with Crippen molar-refractivity contribution in [3.63, 3.8) is 0 Å². The summed E-state index contributed by atoms with van der Waals surface area (Å²) in [4.78, 5) is 21.9. The lowest BCUT2D eigenvalue weighted by atomic mass is 10.1. The Morgan fingerprint density at radius 1 is 1.62 bits per heavy atom. The molecule has 1 aromatic carbocycles. The van der Waals surface area contributed by atoms with Crippen LogP contribution >= 0.6 is 0 Å². The Hall–Kier alpha value is -2.35. The summed E-state index contributed by atoms with van der Waals surface area (Å²) in [5.41, 5.74) is 0.296. The molecule has 1 unspecified atom stereocenters. The molecule has 2 N–H and O–H groups in total. The van der Waals surface area contributed by atoms with Gasteiger partial charge in [-0.1, -0.05) is 0 Å². The molecule has 5 nitrogen and oxygen atoms in total. The van der Waals surface area contributed by atoms with Crippen LogP contribution in [0.3, 0.4) is 0 Å². The zero-order chi connectivity index (χ0) is 12.1. The number of benzene rings is 1. The third-order valence-electron chi connectivity index (χ3n) is 1.93. The molecule has 0 spiro atoms. The predicted octanol–water partition coefficient (Wildman–Crippen LogP) is 0.581. The van der Waals surface area contributed by atoms with Crippen LogP contribution in [0.25, 0.3) is 0 Å². The lowest BCUT2D eigenvalue weighted by molar-refractivity contribution is -0.109. The van der Waals surface area contributed by atoms with Gasteiger partial charge in [-0.3, -0.25) is 4.79 Å². The number of hydrogen-bond donors (Lipinski definition) is 2. The molecule has 1 atom stereocenters. The minimum atomic E-state index is -0.623. The predicted molar refractivity (Wildman–Crippen MR) is 55.8 cm³/mol. The molecule has 1 rings (SSSR count). The van der Waals surface area contributed by atoms with Gasteiger partial charge in [0.05, 0.1) is 23.2 Å². The highest BCUT2D eigenvalue weighted by atomic mass is 16.3. The van der Waals surface area contributed by atoms with E-state index in [1.807, 2.05) is 6.07 Å². The number of phenols is 1. The molecule has 5 heteroatoms. The maximum absolute atomic E-state index is 11.5. The van der Waals surface area contributed by atoms with Gasteiger partial charge in [0.2, 0.25) is 0 Å². The smallest absolute Gasteiger partial charge is 0.255 e. The molecule has 1 amide bonds. The first kappa shape index (κ1) is 11.7. The van der Waals surface area contributed by atoms with Crippen LogP contribution in [0.5, 0.6) is 5.75 Å². The monoisotopic (exact) mass is 218 g/mol. The molecule has 0 aliphatic carbocycles. The minimum absolute atomic E-state index is 0.0349. The number of carbonyl (C=O) groups is 2. The summed E-state index contributed by atoms with van der Waals surface area (Å²) in [6, 6.07) is 5.16. The van der Waals surface area contributed by atoms with E-state index in [4.69, 9.17) is 5.26 Å². The molecule has 1 aromatic rings. The number of hydrogen-bond acceptors (Lipinski definition) is 4. The summed E-state index contributed by atoms with van der Waals surface area (Å²) in [5, 5.41) is 20.4. The van der Waals surface area contributed by atoms with Crippen molar-refractivity contribution in [2.75, 3.05) is 0 Å². The first-order chi connectivity index (χ1) is 7.58. The second kappa shape index (κ2) is 4.94. The molecular formula is C11H10N2O3. The maximum atomic E-state index is 11.5. The van der Waals surface area contributed by atoms with Gasteiger partial charge in [-0.15, -0.1) is 0 Å². The normalized spacial score (nSPS) is 11.2. The summed E-state index contributed by atoms with van der Waals surface area (Å²) in [6.45, 7) is 1.52. The Bertz CT molecular complexity index is 463. The third kappa shape index (κ3) is 2.58. The van der Waals surface area contributed by atoms with Crippen molar-refractivity contribution in [3.8, 4) is 11.8 Å². The second-order valence-corrected chi connectivity index (χ2v) is 3.24. The molecule has 16 heavy (non-hydrogen) atoms. The number of amides is 1. The summed E-state index contributed by atoms with van der Waals surface area (Å²) in [6.07, 6.45) is 0.582. The quantitative estimate of drug-likeness (QED) is 0.726. The number of aldehydes is 1. The highest BCUT2D eigenvalue weighted by Crippen LogP contribution is 2.18. The van der Waals surface area contributed by atoms with Crippen LogP contribution < -0.4 is 5.32 Å². The molecule has 82 valence electrons. The topological polar surface area (TPSA) is 90.2 Å². The number of phenolic OH excluding ortho intramolecular Hbond substituents is 1. The number of carbonyl (C=O) groups excluding carboxylic acids is 2. The van der Waals surface area contributed by atoms with E-state index < -0.39 is 11.9 Å². The Morgan fingerprint density at radius 3 is 2.81 bits per heavy atom.